The van der Waals surface area contributed by atoms with Crippen molar-refractivity contribution in [1.82, 2.24) is 0 Å². The number of nitriles is 1. The van der Waals surface area contributed by atoms with Gasteiger partial charge in [0.1, 0.15) is 5.75 Å². The second-order valence-electron chi connectivity index (χ2n) is 3.96. The summed E-state index contributed by atoms with van der Waals surface area (Å²) >= 11 is 0. The van der Waals surface area contributed by atoms with Crippen molar-refractivity contribution in [1.29, 1.82) is 5.26 Å². The van der Waals surface area contributed by atoms with Gasteiger partial charge in [-0.3, -0.25) is 0 Å². The molecule has 2 aromatic rings. The molecule has 2 rings (SSSR count). The van der Waals surface area contributed by atoms with Gasteiger partial charge >= 0.3 is 0 Å². The summed E-state index contributed by atoms with van der Waals surface area (Å²) in [6.45, 7) is 0. The fourth-order valence-electron chi connectivity index (χ4n) is 1.90. The number of hydrogen-bond donors (Lipinski definition) is 0. The highest BCUT2D eigenvalue weighted by atomic mass is 19.2. The minimum atomic E-state index is -0.893. The molecule has 0 saturated carbocycles. The van der Waals surface area contributed by atoms with Crippen LogP contribution in [-0.2, 0) is 6.42 Å². The molecule has 2 aromatic carbocycles. The Balaban J connectivity index is 2.54. The Bertz CT molecular complexity index is 647. The van der Waals surface area contributed by atoms with Crippen LogP contribution >= 0.6 is 0 Å². The lowest BCUT2D eigenvalue weighted by atomic mass is 10.0. The quantitative estimate of drug-likeness (QED) is 0.841. The summed E-state index contributed by atoms with van der Waals surface area (Å²) in [5.41, 5.74) is 1.33. The first-order chi connectivity index (χ1) is 9.17. The smallest absolute Gasteiger partial charge is 0.166 e. The number of ether oxygens (including phenoxy) is 1. The first kappa shape index (κ1) is 13.0. The molecule has 0 amide bonds. The van der Waals surface area contributed by atoms with Crippen molar-refractivity contribution in [3.05, 3.63) is 53.6 Å². The van der Waals surface area contributed by atoms with Crippen molar-refractivity contribution < 1.29 is 13.5 Å². The molecule has 0 aliphatic rings. The maximum absolute atomic E-state index is 13.7. The lowest BCUT2D eigenvalue weighted by molar-refractivity contribution is 0.411. The molecule has 0 N–H and O–H groups in total. The van der Waals surface area contributed by atoms with Crippen LogP contribution in [0.15, 0.2) is 36.4 Å². The number of benzene rings is 2. The van der Waals surface area contributed by atoms with Crippen LogP contribution < -0.4 is 4.74 Å². The van der Waals surface area contributed by atoms with E-state index in [9.17, 15) is 8.78 Å². The first-order valence-electron chi connectivity index (χ1n) is 5.65. The van der Waals surface area contributed by atoms with Crippen LogP contribution in [0, 0.1) is 23.0 Å². The summed E-state index contributed by atoms with van der Waals surface area (Å²) in [5.74, 6) is -1.23. The average molecular weight is 259 g/mol. The number of hydrogen-bond acceptors (Lipinski definition) is 2. The van der Waals surface area contributed by atoms with Crippen molar-refractivity contribution in [2.24, 2.45) is 0 Å². The van der Waals surface area contributed by atoms with Crippen LogP contribution in [0.2, 0.25) is 0 Å². The predicted molar refractivity (Wildman–Crippen MR) is 67.7 cm³/mol. The standard InChI is InChI=1S/C15H11F2NO/c1-19-14-6-5-10(9-11(14)7-8-18)12-3-2-4-13(16)15(12)17/h2-6,9H,7H2,1H3. The summed E-state index contributed by atoms with van der Waals surface area (Å²) in [4.78, 5) is 0. The molecule has 0 aliphatic carbocycles. The van der Waals surface area contributed by atoms with Gasteiger partial charge < -0.3 is 4.74 Å². The van der Waals surface area contributed by atoms with Gasteiger partial charge in [0.15, 0.2) is 11.6 Å². The van der Waals surface area contributed by atoms with E-state index < -0.39 is 11.6 Å². The zero-order valence-electron chi connectivity index (χ0n) is 10.3. The van der Waals surface area contributed by atoms with Crippen LogP contribution in [0.1, 0.15) is 5.56 Å². The minimum absolute atomic E-state index is 0.147. The van der Waals surface area contributed by atoms with Crippen LogP contribution in [0.3, 0.4) is 0 Å². The lowest BCUT2D eigenvalue weighted by Crippen LogP contribution is -1.94. The highest BCUT2D eigenvalue weighted by molar-refractivity contribution is 5.66. The topological polar surface area (TPSA) is 33.0 Å². The molecular formula is C15H11F2NO. The van der Waals surface area contributed by atoms with Crippen molar-refractivity contribution in [3.8, 4) is 22.9 Å². The Morgan fingerprint density at radius 1 is 1.21 bits per heavy atom. The molecule has 0 bridgehead atoms. The fourth-order valence-corrected chi connectivity index (χ4v) is 1.90. The minimum Gasteiger partial charge on any atom is -0.496 e. The number of rotatable bonds is 3. The number of nitrogens with zero attached hydrogens (tertiary/aromatic N) is 1. The summed E-state index contributed by atoms with van der Waals surface area (Å²) in [6.07, 6.45) is 0.147. The molecule has 2 nitrogen and oxygen atoms in total. The monoisotopic (exact) mass is 259 g/mol. The number of halogens is 2. The van der Waals surface area contributed by atoms with Gasteiger partial charge in [-0.1, -0.05) is 18.2 Å². The average Bonchev–Trinajstić information content (AvgIpc) is 2.42. The maximum Gasteiger partial charge on any atom is 0.166 e. The summed E-state index contributed by atoms with van der Waals surface area (Å²) in [7, 11) is 1.50. The second-order valence-corrected chi connectivity index (χ2v) is 3.96. The zero-order valence-corrected chi connectivity index (χ0v) is 10.3. The van der Waals surface area contributed by atoms with Gasteiger partial charge in [0.25, 0.3) is 0 Å². The SMILES string of the molecule is COc1ccc(-c2cccc(F)c2F)cc1CC#N. The molecule has 0 spiro atoms. The second kappa shape index (κ2) is 5.49. The highest BCUT2D eigenvalue weighted by Gasteiger charge is 2.12. The molecular weight excluding hydrogens is 248 g/mol. The van der Waals surface area contributed by atoms with E-state index in [1.54, 1.807) is 18.2 Å². The van der Waals surface area contributed by atoms with Crippen molar-refractivity contribution in [3.63, 3.8) is 0 Å². The van der Waals surface area contributed by atoms with Crippen LogP contribution in [0.25, 0.3) is 11.1 Å². The van der Waals surface area contributed by atoms with Gasteiger partial charge in [0, 0.05) is 11.1 Å². The predicted octanol–water partition coefficient (Wildman–Crippen LogP) is 3.71. The van der Waals surface area contributed by atoms with E-state index in [0.29, 0.717) is 16.9 Å². The number of methoxy groups -OCH3 is 1. The van der Waals surface area contributed by atoms with E-state index in [-0.39, 0.29) is 12.0 Å². The van der Waals surface area contributed by atoms with Crippen LogP contribution in [-0.4, -0.2) is 7.11 Å². The highest BCUT2D eigenvalue weighted by Crippen LogP contribution is 2.29. The van der Waals surface area contributed by atoms with E-state index >= 15 is 0 Å². The summed E-state index contributed by atoms with van der Waals surface area (Å²) < 4.78 is 32.0. The molecule has 0 fully saturated rings. The van der Waals surface area contributed by atoms with Crippen LogP contribution in [0.5, 0.6) is 5.75 Å². The van der Waals surface area contributed by atoms with E-state index in [1.807, 2.05) is 6.07 Å². The van der Waals surface area contributed by atoms with E-state index in [2.05, 4.69) is 0 Å². The van der Waals surface area contributed by atoms with Crippen molar-refractivity contribution in [2.45, 2.75) is 6.42 Å². The van der Waals surface area contributed by atoms with E-state index in [0.717, 1.165) is 6.07 Å². The Kier molecular flexibility index (Phi) is 3.76. The molecule has 0 saturated heterocycles. The van der Waals surface area contributed by atoms with Gasteiger partial charge in [-0.05, 0) is 23.8 Å². The zero-order chi connectivity index (χ0) is 13.8. The van der Waals surface area contributed by atoms with Gasteiger partial charge in [-0.2, -0.15) is 5.26 Å². The largest absolute Gasteiger partial charge is 0.496 e. The molecule has 19 heavy (non-hydrogen) atoms. The first-order valence-corrected chi connectivity index (χ1v) is 5.65. The molecule has 0 unspecified atom stereocenters. The van der Waals surface area contributed by atoms with Crippen molar-refractivity contribution in [2.75, 3.05) is 7.11 Å². The molecule has 0 radical (unpaired) electrons. The van der Waals surface area contributed by atoms with E-state index in [4.69, 9.17) is 10.00 Å². The lowest BCUT2D eigenvalue weighted by Gasteiger charge is -2.09. The summed E-state index contributed by atoms with van der Waals surface area (Å²) in [5, 5.41) is 8.76. The third kappa shape index (κ3) is 2.55. The molecule has 0 heterocycles. The Morgan fingerprint density at radius 3 is 2.68 bits per heavy atom. The van der Waals surface area contributed by atoms with Gasteiger partial charge in [-0.15, -0.1) is 0 Å². The van der Waals surface area contributed by atoms with Crippen LogP contribution in [0.4, 0.5) is 8.78 Å². The van der Waals surface area contributed by atoms with Gasteiger partial charge in [-0.25, -0.2) is 8.78 Å². The third-order valence-corrected chi connectivity index (χ3v) is 2.81. The third-order valence-electron chi connectivity index (χ3n) is 2.81. The Hall–Kier alpha value is -2.41. The molecule has 96 valence electrons. The molecule has 0 atom stereocenters. The fraction of sp³-hybridized carbons (Fsp3) is 0.133. The molecule has 0 aliphatic heterocycles. The Morgan fingerprint density at radius 2 is 2.00 bits per heavy atom. The maximum atomic E-state index is 13.7. The van der Waals surface area contributed by atoms with Crippen molar-refractivity contribution >= 4 is 0 Å². The molecule has 0 aromatic heterocycles. The summed E-state index contributed by atoms with van der Waals surface area (Å²) in [6, 6.07) is 10.9. The van der Waals surface area contributed by atoms with E-state index in [1.165, 1.54) is 19.2 Å². The van der Waals surface area contributed by atoms with Gasteiger partial charge in [0.2, 0.25) is 0 Å². The normalized spacial score (nSPS) is 10.0. The Labute approximate surface area is 109 Å². The van der Waals surface area contributed by atoms with Gasteiger partial charge in [0.05, 0.1) is 19.6 Å². The molecule has 4 heteroatoms.